The Hall–Kier alpha value is -2.54. The number of amides is 2. The summed E-state index contributed by atoms with van der Waals surface area (Å²) in [5.41, 5.74) is 7.49. The van der Waals surface area contributed by atoms with Gasteiger partial charge in [0.1, 0.15) is 5.82 Å². The van der Waals surface area contributed by atoms with Crippen LogP contribution in [-0.2, 0) is 0 Å². The van der Waals surface area contributed by atoms with E-state index in [1.165, 1.54) is 0 Å². The zero-order chi connectivity index (χ0) is 20.3. The van der Waals surface area contributed by atoms with Crippen LogP contribution < -0.4 is 20.9 Å². The summed E-state index contributed by atoms with van der Waals surface area (Å²) in [6, 6.07) is 7.13. The van der Waals surface area contributed by atoms with Crippen molar-refractivity contribution in [3.8, 4) is 0 Å². The molecule has 7 nitrogen and oxygen atoms in total. The summed E-state index contributed by atoms with van der Waals surface area (Å²) >= 11 is 5.96. The molecule has 1 aromatic heterocycles. The molecule has 0 atom stereocenters. The number of nitrogens with two attached hydrogens (primary N) is 1. The molecule has 1 heterocycles. The number of nitrogens with one attached hydrogen (secondary N) is 1. The van der Waals surface area contributed by atoms with Crippen molar-refractivity contribution in [1.29, 1.82) is 0 Å². The molecule has 3 rings (SSSR count). The van der Waals surface area contributed by atoms with Gasteiger partial charge in [0, 0.05) is 48.6 Å². The third-order valence-corrected chi connectivity index (χ3v) is 5.36. The van der Waals surface area contributed by atoms with Crippen molar-refractivity contribution in [1.82, 2.24) is 9.97 Å². The lowest BCUT2D eigenvalue weighted by atomic mass is 9.90. The minimum Gasteiger partial charge on any atom is -0.362 e. The molecule has 1 saturated carbocycles. The Labute approximate surface area is 170 Å². The molecule has 2 amide bonds. The van der Waals surface area contributed by atoms with Crippen LogP contribution in [0.3, 0.4) is 0 Å². The van der Waals surface area contributed by atoms with Crippen molar-refractivity contribution in [2.45, 2.75) is 44.7 Å². The van der Waals surface area contributed by atoms with Crippen LogP contribution in [0.15, 0.2) is 30.5 Å². The number of hydrogen-bond donors (Lipinski definition) is 2. The largest absolute Gasteiger partial charge is 0.362 e. The van der Waals surface area contributed by atoms with Crippen molar-refractivity contribution >= 4 is 35.1 Å². The average Bonchev–Trinajstić information content (AvgIpc) is 2.66. The van der Waals surface area contributed by atoms with Crippen LogP contribution in [0.5, 0.6) is 0 Å². The molecule has 1 fully saturated rings. The molecule has 1 aliphatic rings. The molecular weight excluding hydrogens is 376 g/mol. The minimum atomic E-state index is -0.434. The van der Waals surface area contributed by atoms with Crippen LogP contribution in [-0.4, -0.2) is 42.2 Å². The highest BCUT2D eigenvalue weighted by atomic mass is 35.5. The summed E-state index contributed by atoms with van der Waals surface area (Å²) < 4.78 is 0. The first-order valence-corrected chi connectivity index (χ1v) is 9.84. The van der Waals surface area contributed by atoms with Gasteiger partial charge in [0.05, 0.1) is 0 Å². The van der Waals surface area contributed by atoms with Crippen molar-refractivity contribution in [2.75, 3.05) is 29.2 Å². The van der Waals surface area contributed by atoms with E-state index in [2.05, 4.69) is 15.3 Å². The number of halogens is 1. The monoisotopic (exact) mass is 402 g/mol. The highest BCUT2D eigenvalue weighted by Gasteiger charge is 2.29. The highest BCUT2D eigenvalue weighted by molar-refractivity contribution is 6.30. The van der Waals surface area contributed by atoms with Gasteiger partial charge in [0.25, 0.3) is 0 Å². The molecule has 1 aromatic carbocycles. The number of anilines is 3. The summed E-state index contributed by atoms with van der Waals surface area (Å²) in [5, 5.41) is 4.07. The summed E-state index contributed by atoms with van der Waals surface area (Å²) in [6.45, 7) is 2.00. The predicted octanol–water partition coefficient (Wildman–Crippen LogP) is 3.81. The number of benzene rings is 1. The first-order valence-electron chi connectivity index (χ1n) is 9.47. The van der Waals surface area contributed by atoms with E-state index in [4.69, 9.17) is 17.3 Å². The molecule has 1 aliphatic carbocycles. The third-order valence-electron chi connectivity index (χ3n) is 5.11. The second kappa shape index (κ2) is 8.65. The number of carbonyl (C=O) groups excluding carboxylic acids is 1. The normalized spacial score (nSPS) is 19.1. The van der Waals surface area contributed by atoms with Crippen LogP contribution in [0.1, 0.15) is 31.2 Å². The van der Waals surface area contributed by atoms with E-state index < -0.39 is 6.03 Å². The molecule has 0 unspecified atom stereocenters. The Morgan fingerprint density at radius 1 is 1.18 bits per heavy atom. The van der Waals surface area contributed by atoms with Crippen LogP contribution in [0.25, 0.3) is 0 Å². The molecule has 8 heteroatoms. The lowest BCUT2D eigenvalue weighted by Crippen LogP contribution is -2.46. The van der Waals surface area contributed by atoms with Gasteiger partial charge in [0.2, 0.25) is 5.95 Å². The molecule has 0 radical (unpaired) electrons. The van der Waals surface area contributed by atoms with Gasteiger partial charge in [-0.15, -0.1) is 0 Å². The molecule has 150 valence electrons. The Kier molecular flexibility index (Phi) is 6.24. The maximum absolute atomic E-state index is 12.1. The summed E-state index contributed by atoms with van der Waals surface area (Å²) in [5.74, 6) is 1.55. The quantitative estimate of drug-likeness (QED) is 0.793. The maximum Gasteiger partial charge on any atom is 0.319 e. The van der Waals surface area contributed by atoms with Gasteiger partial charge in [-0.05, 0) is 56.9 Å². The number of urea groups is 1. The average molecular weight is 403 g/mol. The standard InChI is InChI=1S/C20H27ClN6O/c1-13-12-23-20(25-18(13)26(2)3)24-15-6-10-17(11-7-15)27(19(22)28)16-8-4-14(21)5-9-16/h4-5,8-9,12,15,17H,6-7,10-11H2,1-3H3,(H2,22,28)(H,23,24,25). The van der Waals surface area contributed by atoms with Crippen LogP contribution >= 0.6 is 11.6 Å². The summed E-state index contributed by atoms with van der Waals surface area (Å²) in [4.78, 5) is 24.7. The molecule has 0 spiro atoms. The SMILES string of the molecule is Cc1cnc(NC2CCC(N(C(N)=O)c3ccc(Cl)cc3)CC2)nc1N(C)C. The number of hydrogen-bond acceptors (Lipinski definition) is 5. The number of nitrogens with zero attached hydrogens (tertiary/aromatic N) is 4. The first kappa shape index (κ1) is 20.2. The van der Waals surface area contributed by atoms with E-state index in [1.54, 1.807) is 17.0 Å². The molecule has 3 N–H and O–H groups in total. The Morgan fingerprint density at radius 2 is 1.82 bits per heavy atom. The molecular formula is C20H27ClN6O. The Balaban J connectivity index is 1.64. The second-order valence-electron chi connectivity index (χ2n) is 7.43. The zero-order valence-electron chi connectivity index (χ0n) is 16.5. The number of carbonyl (C=O) groups is 1. The van der Waals surface area contributed by atoms with E-state index in [0.29, 0.717) is 11.0 Å². The van der Waals surface area contributed by atoms with Gasteiger partial charge in [-0.25, -0.2) is 9.78 Å². The first-order chi connectivity index (χ1) is 13.3. The summed E-state index contributed by atoms with van der Waals surface area (Å²) in [6.07, 6.45) is 5.38. The van der Waals surface area contributed by atoms with Gasteiger partial charge < -0.3 is 16.0 Å². The van der Waals surface area contributed by atoms with E-state index >= 15 is 0 Å². The van der Waals surface area contributed by atoms with Gasteiger partial charge in [-0.1, -0.05) is 11.6 Å². The lowest BCUT2D eigenvalue weighted by Gasteiger charge is -2.36. The van der Waals surface area contributed by atoms with Gasteiger partial charge >= 0.3 is 6.03 Å². The Bertz CT molecular complexity index is 818. The van der Waals surface area contributed by atoms with Crippen molar-refractivity contribution < 1.29 is 4.79 Å². The second-order valence-corrected chi connectivity index (χ2v) is 7.87. The van der Waals surface area contributed by atoms with Crippen LogP contribution in [0.2, 0.25) is 5.02 Å². The van der Waals surface area contributed by atoms with E-state index in [9.17, 15) is 4.79 Å². The fourth-order valence-electron chi connectivity index (χ4n) is 3.74. The van der Waals surface area contributed by atoms with Gasteiger partial charge in [-0.3, -0.25) is 4.90 Å². The number of rotatable bonds is 5. The lowest BCUT2D eigenvalue weighted by molar-refractivity contribution is 0.248. The molecule has 0 bridgehead atoms. The van der Waals surface area contributed by atoms with Crippen LogP contribution in [0, 0.1) is 6.92 Å². The third kappa shape index (κ3) is 4.65. The van der Waals surface area contributed by atoms with E-state index in [1.807, 2.05) is 44.2 Å². The highest BCUT2D eigenvalue weighted by Crippen LogP contribution is 2.29. The minimum absolute atomic E-state index is 0.0768. The molecule has 0 aliphatic heterocycles. The number of aryl methyl sites for hydroxylation is 1. The Morgan fingerprint density at radius 3 is 2.39 bits per heavy atom. The molecule has 0 saturated heterocycles. The van der Waals surface area contributed by atoms with Crippen molar-refractivity contribution in [2.24, 2.45) is 5.73 Å². The van der Waals surface area contributed by atoms with Crippen LogP contribution in [0.4, 0.5) is 22.2 Å². The van der Waals surface area contributed by atoms with Crippen molar-refractivity contribution in [3.05, 3.63) is 41.0 Å². The molecule has 2 aromatic rings. The van der Waals surface area contributed by atoms with E-state index in [-0.39, 0.29) is 12.1 Å². The van der Waals surface area contributed by atoms with Gasteiger partial charge in [-0.2, -0.15) is 4.98 Å². The predicted molar refractivity (Wildman–Crippen MR) is 114 cm³/mol. The molecule has 28 heavy (non-hydrogen) atoms. The maximum atomic E-state index is 12.1. The number of primary amides is 1. The topological polar surface area (TPSA) is 87.4 Å². The smallest absolute Gasteiger partial charge is 0.319 e. The fraction of sp³-hybridized carbons (Fsp3) is 0.450. The van der Waals surface area contributed by atoms with Gasteiger partial charge in [0.15, 0.2) is 0 Å². The fourth-order valence-corrected chi connectivity index (χ4v) is 3.86. The van der Waals surface area contributed by atoms with E-state index in [0.717, 1.165) is 42.8 Å². The number of aromatic nitrogens is 2. The summed E-state index contributed by atoms with van der Waals surface area (Å²) in [7, 11) is 3.94. The zero-order valence-corrected chi connectivity index (χ0v) is 17.3. The van der Waals surface area contributed by atoms with Crippen molar-refractivity contribution in [3.63, 3.8) is 0 Å².